The van der Waals surface area contributed by atoms with Gasteiger partial charge in [-0.2, -0.15) is 0 Å². The van der Waals surface area contributed by atoms with E-state index >= 15 is 0 Å². The lowest BCUT2D eigenvalue weighted by atomic mass is 10.0. The van der Waals surface area contributed by atoms with E-state index in [1.807, 2.05) is 13.8 Å². The van der Waals surface area contributed by atoms with Gasteiger partial charge < -0.3 is 19.5 Å². The molecule has 0 spiro atoms. The zero-order chi connectivity index (χ0) is 29.4. The lowest BCUT2D eigenvalue weighted by Crippen LogP contribution is -2.41. The minimum Gasteiger partial charge on any atom is -0.465 e. The van der Waals surface area contributed by atoms with Gasteiger partial charge in [0.15, 0.2) is 12.1 Å². The first-order valence-corrected chi connectivity index (χ1v) is 16.2. The van der Waals surface area contributed by atoms with Crippen LogP contribution in [0.15, 0.2) is 10.5 Å². The highest BCUT2D eigenvalue weighted by Crippen LogP contribution is 2.53. The van der Waals surface area contributed by atoms with Crippen molar-refractivity contribution in [2.24, 2.45) is 0 Å². The molecule has 0 unspecified atom stereocenters. The number of carbonyl (C=O) groups is 2. The molecule has 1 aliphatic rings. The summed E-state index contributed by atoms with van der Waals surface area (Å²) in [5, 5.41) is 12.7. The third-order valence-electron chi connectivity index (χ3n) is 6.45. The number of likely N-dealkylation sites (tertiary alicyclic amines) is 1. The number of piperidine rings is 1. The maximum Gasteiger partial charge on any atom is 0.407 e. The van der Waals surface area contributed by atoms with E-state index in [1.165, 1.54) is 4.90 Å². The fraction of sp³-hybridized carbons (Fsp3) is 0.593. The summed E-state index contributed by atoms with van der Waals surface area (Å²) in [6, 6.07) is 1.69. The van der Waals surface area contributed by atoms with Gasteiger partial charge in [-0.25, -0.2) is 14.2 Å². The summed E-state index contributed by atoms with van der Waals surface area (Å²) in [5.74, 6) is -0.539. The highest BCUT2D eigenvalue weighted by atomic mass is 79.9. The zero-order valence-electron chi connectivity index (χ0n) is 23.9. The summed E-state index contributed by atoms with van der Waals surface area (Å²) in [4.78, 5) is 28.0. The van der Waals surface area contributed by atoms with Crippen LogP contribution in [0.4, 0.5) is 14.9 Å². The number of rotatable bonds is 5. The van der Waals surface area contributed by atoms with Gasteiger partial charge >= 0.3 is 6.09 Å². The molecule has 1 aliphatic heterocycles. The van der Waals surface area contributed by atoms with Crippen LogP contribution >= 0.6 is 37.8 Å². The van der Waals surface area contributed by atoms with Gasteiger partial charge in [-0.3, -0.25) is 4.79 Å². The molecule has 2 N–H and O–H groups in total. The molecule has 2 heterocycles. The number of benzene rings is 1. The van der Waals surface area contributed by atoms with Gasteiger partial charge in [-0.15, -0.1) is 10.3 Å². The molecule has 0 radical (unpaired) electrons. The number of anilines is 1. The summed E-state index contributed by atoms with van der Waals surface area (Å²) >= 11 is 9.30. The van der Waals surface area contributed by atoms with Crippen LogP contribution in [-0.4, -0.2) is 70.4 Å². The minimum atomic E-state index is -0.947. The van der Waals surface area contributed by atoms with Crippen molar-refractivity contribution in [1.82, 2.24) is 9.88 Å². The van der Waals surface area contributed by atoms with Crippen LogP contribution in [0.1, 0.15) is 70.3 Å². The summed E-state index contributed by atoms with van der Waals surface area (Å²) in [7, 11) is -0.848. The van der Waals surface area contributed by atoms with Crippen LogP contribution in [0.5, 0.6) is 0 Å². The van der Waals surface area contributed by atoms with E-state index in [0.29, 0.717) is 58.1 Å². The van der Waals surface area contributed by atoms with Gasteiger partial charge in [0.05, 0.1) is 22.3 Å². The SMILES string of the molecule is CC.CCOS(C)(C)C(C)(C)C.Cc1cc2c(NC3CCN(C(=O)O)CC3)c(C=O)c(Cl)nc2c(F)c1Br. The Morgan fingerprint density at radius 3 is 2.32 bits per heavy atom. The van der Waals surface area contributed by atoms with Gasteiger partial charge in [-0.1, -0.05) is 46.2 Å². The number of hydrogen-bond donors (Lipinski definition) is 2. The molecule has 0 bridgehead atoms. The smallest absolute Gasteiger partial charge is 0.407 e. The number of nitrogens with zero attached hydrogens (tertiary/aromatic N) is 2. The quantitative estimate of drug-likeness (QED) is 0.253. The van der Waals surface area contributed by atoms with Crippen molar-refractivity contribution < 1.29 is 23.3 Å². The molecule has 1 aromatic heterocycles. The predicted octanol–water partition coefficient (Wildman–Crippen LogP) is 8.29. The van der Waals surface area contributed by atoms with Crippen molar-refractivity contribution in [3.63, 3.8) is 0 Å². The van der Waals surface area contributed by atoms with Crippen LogP contribution in [-0.2, 0) is 4.18 Å². The fourth-order valence-corrected chi connectivity index (χ4v) is 5.07. The molecular weight excluding hydrogens is 597 g/mol. The van der Waals surface area contributed by atoms with Gasteiger partial charge in [-0.05, 0) is 66.8 Å². The molecule has 1 aromatic carbocycles. The first kappa shape index (κ1) is 34.4. The Kier molecular flexibility index (Phi) is 13.3. The first-order chi connectivity index (χ1) is 17.6. The number of fused-ring (bicyclic) bond motifs is 1. The standard InChI is InChI=1S/C17H16BrClFN3O3.C8H20OS.C2H6/c1-8-6-10-14(21-9-2-4-23(5-3-9)17(25)26)11(7-24)16(19)22-15(10)13(20)12(8)18;1-7-9-10(5,6)8(2,3)4;1-2/h6-7,9H,2-5H2,1H3,(H,21,22)(H,25,26);7H2,1-6H3;1-2H3. The topological polar surface area (TPSA) is 91.8 Å². The zero-order valence-corrected chi connectivity index (χ0v) is 27.0. The molecule has 0 aliphatic carbocycles. The average Bonchev–Trinajstić information content (AvgIpc) is 2.85. The van der Waals surface area contributed by atoms with Crippen LogP contribution in [0, 0.1) is 12.7 Å². The second kappa shape index (κ2) is 14.7. The van der Waals surface area contributed by atoms with E-state index in [2.05, 4.69) is 66.4 Å². The number of carbonyl (C=O) groups excluding carboxylic acids is 1. The Morgan fingerprint density at radius 2 is 1.89 bits per heavy atom. The number of hydrogen-bond acceptors (Lipinski definition) is 5. The highest BCUT2D eigenvalue weighted by Gasteiger charge is 2.28. The van der Waals surface area contributed by atoms with Crippen LogP contribution in [0.25, 0.3) is 10.9 Å². The minimum absolute atomic E-state index is 0.0574. The van der Waals surface area contributed by atoms with Crippen LogP contribution in [0.2, 0.25) is 5.15 Å². The van der Waals surface area contributed by atoms with Crippen molar-refractivity contribution >= 4 is 66.8 Å². The average molecular weight is 639 g/mol. The van der Waals surface area contributed by atoms with Crippen molar-refractivity contribution in [1.29, 1.82) is 0 Å². The maximum absolute atomic E-state index is 14.6. The Morgan fingerprint density at radius 1 is 1.34 bits per heavy atom. The highest BCUT2D eigenvalue weighted by molar-refractivity contribution is 9.10. The lowest BCUT2D eigenvalue weighted by Gasteiger charge is -2.43. The summed E-state index contributed by atoms with van der Waals surface area (Å²) in [6.07, 6.45) is 5.23. The molecule has 11 heteroatoms. The lowest BCUT2D eigenvalue weighted by molar-refractivity contribution is 0.112. The molecular formula is C27H42BrClFN3O4S. The van der Waals surface area contributed by atoms with E-state index < -0.39 is 22.2 Å². The second-order valence-corrected chi connectivity index (χ2v) is 15.0. The second-order valence-electron chi connectivity index (χ2n) is 9.97. The van der Waals surface area contributed by atoms with Crippen molar-refractivity contribution in [2.45, 2.75) is 72.1 Å². The number of aryl methyl sites for hydroxylation is 1. The van der Waals surface area contributed by atoms with Crippen LogP contribution < -0.4 is 5.32 Å². The van der Waals surface area contributed by atoms with E-state index in [4.69, 9.17) is 20.9 Å². The number of aromatic nitrogens is 1. The predicted molar refractivity (Wildman–Crippen MR) is 163 cm³/mol. The van der Waals surface area contributed by atoms with Gasteiger partial charge in [0.2, 0.25) is 0 Å². The Labute approximate surface area is 241 Å². The van der Waals surface area contributed by atoms with Gasteiger partial charge in [0, 0.05) is 29.3 Å². The van der Waals surface area contributed by atoms with E-state index in [1.54, 1.807) is 13.0 Å². The molecule has 1 amide bonds. The molecule has 38 heavy (non-hydrogen) atoms. The van der Waals surface area contributed by atoms with Crippen molar-refractivity contribution in [2.75, 3.05) is 37.5 Å². The number of nitrogens with one attached hydrogen (secondary N) is 1. The van der Waals surface area contributed by atoms with E-state index in [-0.39, 0.29) is 22.3 Å². The van der Waals surface area contributed by atoms with Crippen LogP contribution in [0.3, 0.4) is 0 Å². The number of pyridine rings is 1. The fourth-order valence-electron chi connectivity index (χ4n) is 3.60. The monoisotopic (exact) mass is 637 g/mol. The van der Waals surface area contributed by atoms with Gasteiger partial charge in [0.25, 0.3) is 0 Å². The summed E-state index contributed by atoms with van der Waals surface area (Å²) in [5.41, 5.74) is 1.34. The largest absolute Gasteiger partial charge is 0.465 e. The third kappa shape index (κ3) is 8.44. The molecule has 7 nitrogen and oxygen atoms in total. The van der Waals surface area contributed by atoms with E-state index in [0.717, 1.165) is 6.61 Å². The summed E-state index contributed by atoms with van der Waals surface area (Å²) < 4.78 is 20.9. The van der Waals surface area contributed by atoms with E-state index in [9.17, 15) is 14.0 Å². The summed E-state index contributed by atoms with van der Waals surface area (Å²) in [6.45, 7) is 16.1. The number of amides is 1. The molecule has 1 saturated heterocycles. The molecule has 0 saturated carbocycles. The molecule has 216 valence electrons. The third-order valence-corrected chi connectivity index (χ3v) is 11.5. The number of aldehydes is 1. The van der Waals surface area contributed by atoms with Crippen molar-refractivity contribution in [3.05, 3.63) is 32.6 Å². The number of halogens is 3. The Bertz CT molecular complexity index is 1120. The Balaban J connectivity index is 0.000000510. The molecule has 3 rings (SSSR count). The maximum atomic E-state index is 14.6. The van der Waals surface area contributed by atoms with Gasteiger partial charge in [0.1, 0.15) is 10.7 Å². The molecule has 2 aromatic rings. The molecule has 0 atom stereocenters. The first-order valence-electron chi connectivity index (χ1n) is 12.7. The molecule has 1 fully saturated rings. The van der Waals surface area contributed by atoms with Crippen molar-refractivity contribution in [3.8, 4) is 0 Å². The normalized spacial score (nSPS) is 14.7. The number of carboxylic acid groups (broad SMARTS) is 1. The Hall–Kier alpha value is -1.62.